The van der Waals surface area contributed by atoms with Crippen LogP contribution in [0, 0.1) is 0 Å². The average molecular weight is 385 g/mol. The van der Waals surface area contributed by atoms with Crippen LogP contribution in [0.3, 0.4) is 0 Å². The molecule has 0 saturated carbocycles. The Morgan fingerprint density at radius 1 is 1.32 bits per heavy atom. The minimum Gasteiger partial charge on any atom is -0.399 e. The molecule has 1 aliphatic rings. The van der Waals surface area contributed by atoms with E-state index in [9.17, 15) is 13.2 Å². The molecule has 1 aliphatic carbocycles. The highest BCUT2D eigenvalue weighted by Crippen LogP contribution is 2.32. The second kappa shape index (κ2) is 7.07. The van der Waals surface area contributed by atoms with E-state index in [1.807, 2.05) is 12.1 Å². The van der Waals surface area contributed by atoms with Crippen LogP contribution in [0.5, 0.6) is 0 Å². The number of benzene rings is 1. The maximum Gasteiger partial charge on any atom is 0.265 e. The van der Waals surface area contributed by atoms with E-state index < -0.39 is 15.9 Å². The largest absolute Gasteiger partial charge is 0.399 e. The van der Waals surface area contributed by atoms with Crippen molar-refractivity contribution in [2.45, 2.75) is 30.2 Å². The lowest BCUT2D eigenvalue weighted by molar-refractivity contribution is 0.0992. The summed E-state index contributed by atoms with van der Waals surface area (Å²) in [5.41, 5.74) is 13.9. The molecule has 25 heavy (non-hydrogen) atoms. The van der Waals surface area contributed by atoms with E-state index in [1.54, 1.807) is 13.1 Å². The third kappa shape index (κ3) is 3.81. The molecule has 1 heterocycles. The molecule has 9 heteroatoms. The van der Waals surface area contributed by atoms with Crippen molar-refractivity contribution in [3.63, 3.8) is 0 Å². The molecule has 0 aliphatic heterocycles. The number of hydrogen-bond acceptors (Lipinski definition) is 4. The number of carbonyl (C=O) groups excluding carboxylic acids is 1. The Morgan fingerprint density at radius 2 is 2.04 bits per heavy atom. The maximum atomic E-state index is 12.7. The van der Waals surface area contributed by atoms with Crippen molar-refractivity contribution in [2.75, 3.05) is 5.73 Å². The van der Waals surface area contributed by atoms with Gasteiger partial charge < -0.3 is 16.0 Å². The first-order valence-corrected chi connectivity index (χ1v) is 9.13. The Kier molecular flexibility index (Phi) is 5.46. The van der Waals surface area contributed by atoms with E-state index in [0.717, 1.165) is 24.0 Å². The number of primary amides is 1. The Hall–Kier alpha value is -2.03. The van der Waals surface area contributed by atoms with Gasteiger partial charge in [-0.2, -0.15) is 0 Å². The molecule has 0 bridgehead atoms. The van der Waals surface area contributed by atoms with Gasteiger partial charge >= 0.3 is 0 Å². The first-order valence-electron chi connectivity index (χ1n) is 7.65. The minimum atomic E-state index is -3.76. The maximum absolute atomic E-state index is 12.7. The molecule has 1 amide bonds. The number of aryl methyl sites for hydroxylation is 2. The number of carbonyl (C=O) groups is 1. The van der Waals surface area contributed by atoms with Gasteiger partial charge in [-0.1, -0.05) is 6.07 Å². The van der Waals surface area contributed by atoms with Crippen molar-refractivity contribution in [1.29, 1.82) is 0 Å². The number of nitrogens with two attached hydrogens (primary N) is 2. The predicted octanol–water partition coefficient (Wildman–Crippen LogP) is 1.48. The van der Waals surface area contributed by atoms with E-state index in [4.69, 9.17) is 11.5 Å². The lowest BCUT2D eigenvalue weighted by atomic mass is 9.88. The molecule has 0 saturated heterocycles. The molecule has 136 valence electrons. The zero-order valence-electron chi connectivity index (χ0n) is 13.7. The van der Waals surface area contributed by atoms with Crippen LogP contribution in [0.2, 0.25) is 0 Å². The summed E-state index contributed by atoms with van der Waals surface area (Å²) in [7, 11) is -2.18. The summed E-state index contributed by atoms with van der Waals surface area (Å²) in [6.45, 7) is 0. The standard InChI is InChI=1S/C16H20N4O3S.ClH/c1-20-9-12(8-15(20)16(18)21)24(22,23)19-14-4-2-3-10-7-11(17)5-6-13(10)14;/h5-9,14,19H,2-4,17H2,1H3,(H2,18,21);1H. The molecule has 1 aromatic carbocycles. The van der Waals surface area contributed by atoms with E-state index in [-0.39, 0.29) is 29.0 Å². The third-order valence-electron chi connectivity index (χ3n) is 4.32. The van der Waals surface area contributed by atoms with Crippen LogP contribution in [0.25, 0.3) is 0 Å². The van der Waals surface area contributed by atoms with Crippen molar-refractivity contribution in [3.8, 4) is 0 Å². The van der Waals surface area contributed by atoms with Gasteiger partial charge in [-0.3, -0.25) is 4.79 Å². The number of nitrogens with zero attached hydrogens (tertiary/aromatic N) is 1. The summed E-state index contributed by atoms with van der Waals surface area (Å²) in [6, 6.07) is 6.52. The highest BCUT2D eigenvalue weighted by atomic mass is 35.5. The van der Waals surface area contributed by atoms with E-state index in [1.165, 1.54) is 16.8 Å². The van der Waals surface area contributed by atoms with E-state index in [0.29, 0.717) is 12.1 Å². The number of anilines is 1. The smallest absolute Gasteiger partial charge is 0.265 e. The quantitative estimate of drug-likeness (QED) is 0.691. The molecule has 3 rings (SSSR count). The fraction of sp³-hybridized carbons (Fsp3) is 0.312. The zero-order valence-corrected chi connectivity index (χ0v) is 15.4. The summed E-state index contributed by atoms with van der Waals surface area (Å²) in [5, 5.41) is 0. The Labute approximate surface area is 152 Å². The van der Waals surface area contributed by atoms with Gasteiger partial charge in [0.2, 0.25) is 10.0 Å². The van der Waals surface area contributed by atoms with Gasteiger partial charge in [-0.25, -0.2) is 13.1 Å². The molecule has 1 unspecified atom stereocenters. The van der Waals surface area contributed by atoms with Gasteiger partial charge in [0.05, 0.1) is 0 Å². The van der Waals surface area contributed by atoms with Gasteiger partial charge in [0.15, 0.2) is 0 Å². The van der Waals surface area contributed by atoms with Crippen molar-refractivity contribution < 1.29 is 13.2 Å². The lowest BCUT2D eigenvalue weighted by Gasteiger charge is -2.26. The second-order valence-corrected chi connectivity index (χ2v) is 7.77. The van der Waals surface area contributed by atoms with Crippen LogP contribution in [-0.2, 0) is 23.5 Å². The number of amides is 1. The number of aromatic nitrogens is 1. The molecule has 0 spiro atoms. The molecule has 7 nitrogen and oxygen atoms in total. The highest BCUT2D eigenvalue weighted by molar-refractivity contribution is 7.89. The van der Waals surface area contributed by atoms with Crippen LogP contribution >= 0.6 is 12.4 Å². The minimum absolute atomic E-state index is 0. The first kappa shape index (κ1) is 19.3. The summed E-state index contributed by atoms with van der Waals surface area (Å²) in [5.74, 6) is -0.669. The molecule has 1 aromatic heterocycles. The Morgan fingerprint density at radius 3 is 2.68 bits per heavy atom. The van der Waals surface area contributed by atoms with Crippen molar-refractivity contribution >= 4 is 34.0 Å². The topological polar surface area (TPSA) is 120 Å². The lowest BCUT2D eigenvalue weighted by Crippen LogP contribution is -2.31. The third-order valence-corrected chi connectivity index (χ3v) is 5.76. The number of rotatable bonds is 4. The number of nitrogen functional groups attached to an aromatic ring is 1. The van der Waals surface area contributed by atoms with Crippen LogP contribution < -0.4 is 16.2 Å². The normalized spacial score (nSPS) is 16.8. The number of fused-ring (bicyclic) bond motifs is 1. The van der Waals surface area contributed by atoms with Crippen molar-refractivity contribution in [2.24, 2.45) is 12.8 Å². The average Bonchev–Trinajstić information content (AvgIpc) is 2.90. The van der Waals surface area contributed by atoms with Crippen LogP contribution in [0.4, 0.5) is 5.69 Å². The van der Waals surface area contributed by atoms with Crippen LogP contribution in [0.15, 0.2) is 35.4 Å². The number of sulfonamides is 1. The number of nitrogens with one attached hydrogen (secondary N) is 1. The predicted molar refractivity (Wildman–Crippen MR) is 98.0 cm³/mol. The van der Waals surface area contributed by atoms with E-state index >= 15 is 0 Å². The van der Waals surface area contributed by atoms with Gasteiger partial charge in [-0.05, 0) is 48.6 Å². The van der Waals surface area contributed by atoms with Crippen molar-refractivity contribution in [1.82, 2.24) is 9.29 Å². The summed E-state index contributed by atoms with van der Waals surface area (Å²) in [6.07, 6.45) is 3.86. The van der Waals surface area contributed by atoms with Crippen LogP contribution in [-0.4, -0.2) is 18.9 Å². The molecular formula is C16H21ClN4O3S. The van der Waals surface area contributed by atoms with Crippen molar-refractivity contribution in [3.05, 3.63) is 47.3 Å². The Balaban J connectivity index is 0.00000225. The van der Waals surface area contributed by atoms with Gasteiger partial charge in [0.1, 0.15) is 10.6 Å². The summed E-state index contributed by atoms with van der Waals surface area (Å²) < 4.78 is 29.5. The Bertz CT molecular complexity index is 908. The molecule has 2 aromatic rings. The number of hydrogen-bond donors (Lipinski definition) is 3. The molecule has 1 atom stereocenters. The highest BCUT2D eigenvalue weighted by Gasteiger charge is 2.27. The van der Waals surface area contributed by atoms with Gasteiger partial charge in [0.25, 0.3) is 5.91 Å². The van der Waals surface area contributed by atoms with Gasteiger partial charge in [0, 0.05) is 25.0 Å². The first-order chi connectivity index (χ1) is 11.3. The molecule has 0 radical (unpaired) electrons. The monoisotopic (exact) mass is 384 g/mol. The fourth-order valence-corrected chi connectivity index (χ4v) is 4.46. The second-order valence-electron chi connectivity index (χ2n) is 6.06. The summed E-state index contributed by atoms with van der Waals surface area (Å²) >= 11 is 0. The SMILES string of the molecule is Cl.Cn1cc(S(=O)(=O)NC2CCCc3cc(N)ccc32)cc1C(N)=O. The summed E-state index contributed by atoms with van der Waals surface area (Å²) in [4.78, 5) is 11.4. The number of halogens is 1. The zero-order chi connectivity index (χ0) is 17.5. The van der Waals surface area contributed by atoms with E-state index in [2.05, 4.69) is 4.72 Å². The van der Waals surface area contributed by atoms with Gasteiger partial charge in [-0.15, -0.1) is 12.4 Å². The molecule has 5 N–H and O–H groups in total. The fourth-order valence-electron chi connectivity index (χ4n) is 3.14. The molecule has 0 fully saturated rings. The molecular weight excluding hydrogens is 364 g/mol. The van der Waals surface area contributed by atoms with Crippen LogP contribution in [0.1, 0.15) is 40.5 Å².